The van der Waals surface area contributed by atoms with Crippen molar-refractivity contribution in [1.29, 1.82) is 0 Å². The molecule has 0 radical (unpaired) electrons. The average molecular weight is 294 g/mol. The number of carbonyl (C=O) groups is 1. The van der Waals surface area contributed by atoms with E-state index in [4.69, 9.17) is 17.3 Å². The first kappa shape index (κ1) is 14.9. The van der Waals surface area contributed by atoms with Gasteiger partial charge in [0.25, 0.3) is 0 Å². The van der Waals surface area contributed by atoms with Crippen LogP contribution < -0.4 is 5.73 Å². The van der Waals surface area contributed by atoms with Crippen LogP contribution in [-0.4, -0.2) is 15.5 Å². The van der Waals surface area contributed by atoms with Crippen LogP contribution in [0.15, 0.2) is 18.2 Å². The number of nitrogens with zero attached hydrogens (tertiary/aromatic N) is 2. The van der Waals surface area contributed by atoms with E-state index in [1.54, 1.807) is 0 Å². The Morgan fingerprint density at radius 2 is 2.00 bits per heavy atom. The second-order valence-corrected chi connectivity index (χ2v) is 6.19. The first-order valence-corrected chi connectivity index (χ1v) is 7.18. The molecule has 5 heteroatoms. The molecule has 0 saturated carbocycles. The highest BCUT2D eigenvalue weighted by Crippen LogP contribution is 2.31. The van der Waals surface area contributed by atoms with Crippen LogP contribution in [0.1, 0.15) is 43.6 Å². The van der Waals surface area contributed by atoms with E-state index in [1.807, 2.05) is 50.5 Å². The van der Waals surface area contributed by atoms with Crippen molar-refractivity contribution in [3.63, 3.8) is 0 Å². The van der Waals surface area contributed by atoms with Crippen molar-refractivity contribution in [1.82, 2.24) is 9.55 Å². The molecule has 2 atom stereocenters. The Bertz CT molecular complexity index is 646. The molecule has 1 aromatic heterocycles. The molecule has 0 fully saturated rings. The van der Waals surface area contributed by atoms with Gasteiger partial charge < -0.3 is 10.3 Å². The lowest BCUT2D eigenvalue weighted by Gasteiger charge is -2.23. The summed E-state index contributed by atoms with van der Waals surface area (Å²) in [6.07, 6.45) is 0. The highest BCUT2D eigenvalue weighted by molar-refractivity contribution is 6.20. The highest BCUT2D eigenvalue weighted by atomic mass is 35.5. The number of fused-ring (bicyclic) bond motifs is 1. The summed E-state index contributed by atoms with van der Waals surface area (Å²) in [5.41, 5.74) is 8.45. The third-order valence-corrected chi connectivity index (χ3v) is 3.62. The van der Waals surface area contributed by atoms with E-state index in [0.29, 0.717) is 5.82 Å². The van der Waals surface area contributed by atoms with Gasteiger partial charge in [-0.25, -0.2) is 4.98 Å². The van der Waals surface area contributed by atoms with E-state index in [2.05, 4.69) is 4.98 Å². The van der Waals surface area contributed by atoms with Crippen molar-refractivity contribution >= 4 is 28.5 Å². The van der Waals surface area contributed by atoms with Crippen molar-refractivity contribution in [2.75, 3.05) is 0 Å². The lowest BCUT2D eigenvalue weighted by molar-refractivity contribution is -0.122. The number of aryl methyl sites for hydroxylation is 1. The van der Waals surface area contributed by atoms with Gasteiger partial charge in [0.1, 0.15) is 11.9 Å². The maximum Gasteiger partial charge on any atom is 0.240 e. The topological polar surface area (TPSA) is 60.9 Å². The number of hydrogen-bond acceptors (Lipinski definition) is 2. The molecule has 2 N–H and O–H groups in total. The zero-order valence-electron chi connectivity index (χ0n) is 12.2. The van der Waals surface area contributed by atoms with Gasteiger partial charge in [0.05, 0.1) is 16.4 Å². The molecule has 1 amide bonds. The monoisotopic (exact) mass is 293 g/mol. The number of imidazole rings is 1. The molecule has 2 aromatic rings. The molecule has 0 aliphatic carbocycles. The molecule has 0 aliphatic heterocycles. The van der Waals surface area contributed by atoms with Crippen molar-refractivity contribution in [3.8, 4) is 0 Å². The molecule has 1 aromatic carbocycles. The van der Waals surface area contributed by atoms with Gasteiger partial charge >= 0.3 is 0 Å². The van der Waals surface area contributed by atoms with Crippen molar-refractivity contribution in [2.45, 2.75) is 39.1 Å². The summed E-state index contributed by atoms with van der Waals surface area (Å²) in [5.74, 6) is 0.392. The fourth-order valence-corrected chi connectivity index (χ4v) is 2.71. The summed E-state index contributed by atoms with van der Waals surface area (Å²) in [4.78, 5) is 16.4. The second-order valence-electron chi connectivity index (χ2n) is 5.54. The Hall–Kier alpha value is -1.55. The van der Waals surface area contributed by atoms with Crippen LogP contribution >= 0.6 is 11.6 Å². The Kier molecular flexibility index (Phi) is 4.04. The molecule has 108 valence electrons. The molecule has 0 bridgehead atoms. The van der Waals surface area contributed by atoms with Gasteiger partial charge in [-0.05, 0) is 37.5 Å². The van der Waals surface area contributed by atoms with Crippen molar-refractivity contribution in [2.24, 2.45) is 11.7 Å². The Labute approximate surface area is 123 Å². The number of alkyl halides is 1. The quantitative estimate of drug-likeness (QED) is 0.879. The van der Waals surface area contributed by atoms with E-state index in [9.17, 15) is 4.79 Å². The largest absolute Gasteiger partial charge is 0.368 e. The van der Waals surface area contributed by atoms with Crippen LogP contribution in [-0.2, 0) is 4.79 Å². The number of halogens is 1. The first-order valence-electron chi connectivity index (χ1n) is 6.74. The lowest BCUT2D eigenvalue weighted by atomic mass is 10.0. The normalized spacial score (nSPS) is 14.7. The maximum absolute atomic E-state index is 11.9. The summed E-state index contributed by atoms with van der Waals surface area (Å²) >= 11 is 6.24. The SMILES string of the molecule is Cc1ccc2c(c1)nc(C(C)Cl)n2C(C(N)=O)C(C)C. The first-order chi connectivity index (χ1) is 9.32. The summed E-state index contributed by atoms with van der Waals surface area (Å²) in [7, 11) is 0. The van der Waals surface area contributed by atoms with Crippen LogP contribution in [0.5, 0.6) is 0 Å². The van der Waals surface area contributed by atoms with E-state index < -0.39 is 6.04 Å². The minimum atomic E-state index is -0.445. The number of hydrogen-bond donors (Lipinski definition) is 1. The van der Waals surface area contributed by atoms with Gasteiger partial charge in [0, 0.05) is 0 Å². The predicted molar refractivity (Wildman–Crippen MR) is 81.8 cm³/mol. The summed E-state index contributed by atoms with van der Waals surface area (Å²) in [6.45, 7) is 7.80. The van der Waals surface area contributed by atoms with Crippen molar-refractivity contribution < 1.29 is 4.79 Å². The van der Waals surface area contributed by atoms with Gasteiger partial charge in [0.2, 0.25) is 5.91 Å². The van der Waals surface area contributed by atoms with Crippen LogP contribution in [0.2, 0.25) is 0 Å². The third kappa shape index (κ3) is 2.52. The molecule has 2 unspecified atom stereocenters. The fraction of sp³-hybridized carbons (Fsp3) is 0.467. The summed E-state index contributed by atoms with van der Waals surface area (Å²) in [5, 5.41) is -0.289. The maximum atomic E-state index is 11.9. The van der Waals surface area contributed by atoms with Crippen LogP contribution in [0, 0.1) is 12.8 Å². The molecule has 4 nitrogen and oxygen atoms in total. The minimum Gasteiger partial charge on any atom is -0.368 e. The van der Waals surface area contributed by atoms with E-state index in [1.165, 1.54) is 0 Å². The van der Waals surface area contributed by atoms with Crippen LogP contribution in [0.3, 0.4) is 0 Å². The predicted octanol–water partition coefficient (Wildman–Crippen LogP) is 3.33. The van der Waals surface area contributed by atoms with Gasteiger partial charge in [-0.2, -0.15) is 0 Å². The molecule has 2 rings (SSSR count). The number of benzene rings is 1. The molecule has 0 aliphatic rings. The number of nitrogens with two attached hydrogens (primary N) is 1. The fourth-order valence-electron chi connectivity index (χ4n) is 2.55. The number of primary amides is 1. The minimum absolute atomic E-state index is 0.0698. The molecule has 20 heavy (non-hydrogen) atoms. The van der Waals surface area contributed by atoms with Crippen molar-refractivity contribution in [3.05, 3.63) is 29.6 Å². The zero-order chi connectivity index (χ0) is 15.0. The third-order valence-electron chi connectivity index (χ3n) is 3.43. The van der Waals surface area contributed by atoms with Gasteiger partial charge in [-0.1, -0.05) is 19.9 Å². The highest BCUT2D eigenvalue weighted by Gasteiger charge is 2.28. The molecule has 1 heterocycles. The molecule has 0 saturated heterocycles. The van der Waals surface area contributed by atoms with E-state index in [0.717, 1.165) is 16.6 Å². The Balaban J connectivity index is 2.77. The average Bonchev–Trinajstić information content (AvgIpc) is 2.67. The molecular weight excluding hydrogens is 274 g/mol. The van der Waals surface area contributed by atoms with Gasteiger partial charge in [-0.3, -0.25) is 4.79 Å². The van der Waals surface area contributed by atoms with Crippen LogP contribution in [0.25, 0.3) is 11.0 Å². The summed E-state index contributed by atoms with van der Waals surface area (Å²) < 4.78 is 1.89. The van der Waals surface area contributed by atoms with Gasteiger partial charge in [-0.15, -0.1) is 11.6 Å². The second kappa shape index (κ2) is 5.44. The number of carbonyl (C=O) groups excluding carboxylic acids is 1. The Morgan fingerprint density at radius 1 is 1.35 bits per heavy atom. The summed E-state index contributed by atoms with van der Waals surface area (Å²) in [6, 6.07) is 5.52. The lowest BCUT2D eigenvalue weighted by Crippen LogP contribution is -2.31. The van der Waals surface area contributed by atoms with E-state index >= 15 is 0 Å². The molecule has 0 spiro atoms. The number of amides is 1. The van der Waals surface area contributed by atoms with Gasteiger partial charge in [0.15, 0.2) is 0 Å². The standard InChI is InChI=1S/C15H20ClN3O/c1-8(2)13(14(17)20)19-12-6-5-9(3)7-11(12)18-15(19)10(4)16/h5-8,10,13H,1-4H3,(H2,17,20). The van der Waals surface area contributed by atoms with E-state index in [-0.39, 0.29) is 17.2 Å². The number of aromatic nitrogens is 2. The van der Waals surface area contributed by atoms with Crippen LogP contribution in [0.4, 0.5) is 0 Å². The smallest absolute Gasteiger partial charge is 0.240 e. The zero-order valence-corrected chi connectivity index (χ0v) is 13.0. The Morgan fingerprint density at radius 3 is 2.50 bits per heavy atom. The molecular formula is C15H20ClN3O. The number of rotatable bonds is 4.